The van der Waals surface area contributed by atoms with Crippen molar-refractivity contribution in [2.45, 2.75) is 44.0 Å². The summed E-state index contributed by atoms with van der Waals surface area (Å²) in [5, 5.41) is 5.75. The smallest absolute Gasteiger partial charge is 0.253 e. The molecule has 2 N–H and O–H groups in total. The fraction of sp³-hybridized carbons (Fsp3) is 0.417. The van der Waals surface area contributed by atoms with Crippen molar-refractivity contribution in [1.82, 2.24) is 9.62 Å². The first-order chi connectivity index (χ1) is 15.8. The van der Waals surface area contributed by atoms with E-state index in [0.717, 1.165) is 6.42 Å². The molecule has 0 saturated carbocycles. The van der Waals surface area contributed by atoms with Crippen molar-refractivity contribution < 1.29 is 22.7 Å². The molecule has 1 aliphatic heterocycles. The summed E-state index contributed by atoms with van der Waals surface area (Å²) in [5.41, 5.74) is 0.795. The van der Waals surface area contributed by atoms with E-state index in [0.29, 0.717) is 36.4 Å². The zero-order valence-electron chi connectivity index (χ0n) is 19.2. The Labute approximate surface area is 195 Å². The highest BCUT2D eigenvalue weighted by molar-refractivity contribution is 7.89. The summed E-state index contributed by atoms with van der Waals surface area (Å²) in [7, 11) is -2.21. The summed E-state index contributed by atoms with van der Waals surface area (Å²) in [6.45, 7) is 4.33. The number of amides is 2. The minimum Gasteiger partial charge on any atom is -0.497 e. The van der Waals surface area contributed by atoms with Gasteiger partial charge in [0.15, 0.2) is 0 Å². The maximum atomic E-state index is 13.1. The number of rotatable bonds is 8. The minimum atomic E-state index is -3.73. The third-order valence-electron chi connectivity index (χ3n) is 5.87. The molecule has 0 aromatic heterocycles. The molecule has 1 fully saturated rings. The van der Waals surface area contributed by atoms with Gasteiger partial charge in [0.2, 0.25) is 15.9 Å². The fourth-order valence-corrected chi connectivity index (χ4v) is 5.22. The second kappa shape index (κ2) is 10.8. The molecule has 2 aromatic carbocycles. The van der Waals surface area contributed by atoms with Gasteiger partial charge in [0.05, 0.1) is 29.2 Å². The average Bonchev–Trinajstić information content (AvgIpc) is 2.84. The molecular weight excluding hydrogens is 442 g/mol. The molecule has 1 aliphatic rings. The van der Waals surface area contributed by atoms with Crippen molar-refractivity contribution in [3.63, 3.8) is 0 Å². The van der Waals surface area contributed by atoms with E-state index in [2.05, 4.69) is 10.6 Å². The first-order valence-corrected chi connectivity index (χ1v) is 12.5. The quantitative estimate of drug-likeness (QED) is 0.612. The number of hydrogen-bond donors (Lipinski definition) is 2. The maximum absolute atomic E-state index is 13.1. The molecule has 0 bridgehead atoms. The summed E-state index contributed by atoms with van der Waals surface area (Å²) >= 11 is 0. The van der Waals surface area contributed by atoms with Gasteiger partial charge in [-0.05, 0) is 62.6 Å². The normalized spacial score (nSPS) is 17.7. The van der Waals surface area contributed by atoms with Crippen LogP contribution >= 0.6 is 0 Å². The van der Waals surface area contributed by atoms with Gasteiger partial charge in [0, 0.05) is 19.1 Å². The highest BCUT2D eigenvalue weighted by Gasteiger charge is 2.33. The molecule has 2 atom stereocenters. The van der Waals surface area contributed by atoms with E-state index < -0.39 is 15.9 Å². The molecular formula is C24H31N3O5S. The van der Waals surface area contributed by atoms with E-state index in [1.165, 1.54) is 23.5 Å². The van der Waals surface area contributed by atoms with Crippen molar-refractivity contribution in [2.24, 2.45) is 5.92 Å². The SMILES string of the molecule is CC[C@@H](C)NC(=O)c1ccccc1NC(=O)[C@H]1CCCN(S(=O)(=O)c2ccc(OC)cc2)C1. The summed E-state index contributed by atoms with van der Waals surface area (Å²) in [6.07, 6.45) is 1.94. The Morgan fingerprint density at radius 1 is 1.15 bits per heavy atom. The summed E-state index contributed by atoms with van der Waals surface area (Å²) in [6, 6.07) is 13.0. The van der Waals surface area contributed by atoms with E-state index in [1.54, 1.807) is 36.4 Å². The van der Waals surface area contributed by atoms with Crippen LogP contribution in [-0.4, -0.2) is 50.8 Å². The standard InChI is InChI=1S/C24H31N3O5S/c1-4-17(2)25-24(29)21-9-5-6-10-22(21)26-23(28)18-8-7-15-27(16-18)33(30,31)20-13-11-19(32-3)12-14-20/h5-6,9-14,17-18H,4,7-8,15-16H2,1-3H3,(H,25,29)(H,26,28)/t17-,18+/m1/s1. The average molecular weight is 474 g/mol. The Balaban J connectivity index is 1.72. The van der Waals surface area contributed by atoms with Crippen LogP contribution in [0, 0.1) is 5.92 Å². The number of carbonyl (C=O) groups excluding carboxylic acids is 2. The van der Waals surface area contributed by atoms with E-state index in [1.807, 2.05) is 13.8 Å². The fourth-order valence-electron chi connectivity index (χ4n) is 3.70. The Hall–Kier alpha value is -2.91. The van der Waals surface area contributed by atoms with Crippen molar-refractivity contribution in [1.29, 1.82) is 0 Å². The monoisotopic (exact) mass is 473 g/mol. The highest BCUT2D eigenvalue weighted by atomic mass is 32.2. The summed E-state index contributed by atoms with van der Waals surface area (Å²) in [5.74, 6) is -0.501. The number of methoxy groups -OCH3 is 1. The number of piperidine rings is 1. The molecule has 33 heavy (non-hydrogen) atoms. The second-order valence-electron chi connectivity index (χ2n) is 8.20. The molecule has 0 radical (unpaired) electrons. The Morgan fingerprint density at radius 3 is 2.52 bits per heavy atom. The van der Waals surface area contributed by atoms with E-state index in [4.69, 9.17) is 4.74 Å². The van der Waals surface area contributed by atoms with E-state index in [9.17, 15) is 18.0 Å². The summed E-state index contributed by atoms with van der Waals surface area (Å²) in [4.78, 5) is 25.8. The number of nitrogens with zero attached hydrogens (tertiary/aromatic N) is 1. The van der Waals surface area contributed by atoms with Crippen LogP contribution in [0.1, 0.15) is 43.5 Å². The zero-order chi connectivity index (χ0) is 24.0. The van der Waals surface area contributed by atoms with Crippen LogP contribution in [0.15, 0.2) is 53.4 Å². The van der Waals surface area contributed by atoms with Gasteiger partial charge in [0.1, 0.15) is 5.75 Å². The number of hydrogen-bond acceptors (Lipinski definition) is 5. The van der Waals surface area contributed by atoms with Crippen LogP contribution in [0.2, 0.25) is 0 Å². The molecule has 0 aliphatic carbocycles. The summed E-state index contributed by atoms with van der Waals surface area (Å²) < 4.78 is 32.6. The number of para-hydroxylation sites is 1. The van der Waals surface area contributed by atoms with Crippen LogP contribution in [0.25, 0.3) is 0 Å². The van der Waals surface area contributed by atoms with Crippen molar-refractivity contribution in [3.05, 3.63) is 54.1 Å². The van der Waals surface area contributed by atoms with Crippen molar-refractivity contribution in [3.8, 4) is 5.75 Å². The van der Waals surface area contributed by atoms with Crippen LogP contribution in [0.4, 0.5) is 5.69 Å². The predicted molar refractivity (Wildman–Crippen MR) is 127 cm³/mol. The molecule has 1 saturated heterocycles. The van der Waals surface area contributed by atoms with Crippen LogP contribution < -0.4 is 15.4 Å². The Morgan fingerprint density at radius 2 is 1.85 bits per heavy atom. The highest BCUT2D eigenvalue weighted by Crippen LogP contribution is 2.26. The van der Waals surface area contributed by atoms with Crippen molar-refractivity contribution in [2.75, 3.05) is 25.5 Å². The molecule has 178 valence electrons. The number of anilines is 1. The number of nitrogens with one attached hydrogen (secondary N) is 2. The van der Waals surface area contributed by atoms with Crippen LogP contribution in [0.3, 0.4) is 0 Å². The number of sulfonamides is 1. The Kier molecular flexibility index (Phi) is 8.10. The van der Waals surface area contributed by atoms with Gasteiger partial charge in [-0.2, -0.15) is 4.31 Å². The third kappa shape index (κ3) is 5.91. The van der Waals surface area contributed by atoms with E-state index in [-0.39, 0.29) is 29.3 Å². The lowest BCUT2D eigenvalue weighted by Gasteiger charge is -2.31. The molecule has 2 aromatic rings. The third-order valence-corrected chi connectivity index (χ3v) is 7.75. The van der Waals surface area contributed by atoms with Gasteiger partial charge < -0.3 is 15.4 Å². The minimum absolute atomic E-state index is 0.0105. The van der Waals surface area contributed by atoms with Gasteiger partial charge >= 0.3 is 0 Å². The van der Waals surface area contributed by atoms with Gasteiger partial charge in [-0.1, -0.05) is 19.1 Å². The molecule has 9 heteroatoms. The molecule has 1 heterocycles. The first-order valence-electron chi connectivity index (χ1n) is 11.1. The first kappa shape index (κ1) is 24.7. The largest absolute Gasteiger partial charge is 0.497 e. The zero-order valence-corrected chi connectivity index (χ0v) is 20.0. The van der Waals surface area contributed by atoms with Gasteiger partial charge in [-0.25, -0.2) is 8.42 Å². The maximum Gasteiger partial charge on any atom is 0.253 e. The van der Waals surface area contributed by atoms with Gasteiger partial charge in [-0.15, -0.1) is 0 Å². The van der Waals surface area contributed by atoms with E-state index >= 15 is 0 Å². The molecule has 0 spiro atoms. The lowest BCUT2D eigenvalue weighted by molar-refractivity contribution is -0.120. The molecule has 8 nitrogen and oxygen atoms in total. The topological polar surface area (TPSA) is 105 Å². The van der Waals surface area contributed by atoms with Crippen LogP contribution in [-0.2, 0) is 14.8 Å². The van der Waals surface area contributed by atoms with Gasteiger partial charge in [-0.3, -0.25) is 9.59 Å². The number of carbonyl (C=O) groups is 2. The number of ether oxygens (including phenoxy) is 1. The van der Waals surface area contributed by atoms with Crippen LogP contribution in [0.5, 0.6) is 5.75 Å². The lowest BCUT2D eigenvalue weighted by Crippen LogP contribution is -2.43. The Bertz CT molecular complexity index is 1090. The van der Waals surface area contributed by atoms with Crippen molar-refractivity contribution >= 4 is 27.5 Å². The molecule has 2 amide bonds. The molecule has 0 unspecified atom stereocenters. The molecule has 3 rings (SSSR count). The lowest BCUT2D eigenvalue weighted by atomic mass is 9.98. The second-order valence-corrected chi connectivity index (χ2v) is 10.1. The van der Waals surface area contributed by atoms with Gasteiger partial charge in [0.25, 0.3) is 5.91 Å². The number of benzene rings is 2. The predicted octanol–water partition coefficient (Wildman–Crippen LogP) is 3.26.